The molecule has 128 valence electrons. The number of hydrogen-bond acceptors (Lipinski definition) is 3. The molecule has 0 aromatic carbocycles. The third-order valence-electron chi connectivity index (χ3n) is 4.03. The van der Waals surface area contributed by atoms with Crippen LogP contribution < -0.4 is 16.0 Å². The summed E-state index contributed by atoms with van der Waals surface area (Å²) in [6.45, 7) is 4.20. The van der Waals surface area contributed by atoms with Gasteiger partial charge in [-0.3, -0.25) is 9.79 Å². The van der Waals surface area contributed by atoms with Gasteiger partial charge in [0, 0.05) is 30.3 Å². The fraction of sp³-hybridized carbons (Fsp3) is 0.867. The second-order valence-electron chi connectivity index (χ2n) is 5.84. The van der Waals surface area contributed by atoms with Crippen LogP contribution in [0.2, 0.25) is 0 Å². The minimum atomic E-state index is 0. The fourth-order valence-corrected chi connectivity index (χ4v) is 3.43. The number of hydrogen-bond donors (Lipinski definition) is 3. The molecule has 0 radical (unpaired) electrons. The van der Waals surface area contributed by atoms with Crippen molar-refractivity contribution >= 4 is 47.6 Å². The van der Waals surface area contributed by atoms with Crippen LogP contribution in [0.15, 0.2) is 4.99 Å². The Morgan fingerprint density at radius 1 is 1.23 bits per heavy atom. The zero-order chi connectivity index (χ0) is 15.1. The number of nitrogens with zero attached hydrogens (tertiary/aromatic N) is 1. The van der Waals surface area contributed by atoms with Gasteiger partial charge in [-0.1, -0.05) is 0 Å². The zero-order valence-corrected chi connectivity index (χ0v) is 16.7. The largest absolute Gasteiger partial charge is 0.357 e. The molecule has 22 heavy (non-hydrogen) atoms. The van der Waals surface area contributed by atoms with Crippen LogP contribution in [0.1, 0.15) is 39.0 Å². The van der Waals surface area contributed by atoms with E-state index in [0.29, 0.717) is 19.1 Å². The third-order valence-corrected chi connectivity index (χ3v) is 5.13. The predicted molar refractivity (Wildman–Crippen MR) is 105 cm³/mol. The maximum Gasteiger partial charge on any atom is 0.223 e. The molecule has 2 unspecified atom stereocenters. The second-order valence-corrected chi connectivity index (χ2v) is 6.98. The number of rotatable bonds is 7. The number of nitrogens with one attached hydrogen (secondary N) is 3. The van der Waals surface area contributed by atoms with Gasteiger partial charge in [0.15, 0.2) is 5.96 Å². The van der Waals surface area contributed by atoms with Gasteiger partial charge in [0.2, 0.25) is 5.91 Å². The Bertz CT molecular complexity index is 377. The van der Waals surface area contributed by atoms with Crippen LogP contribution in [0.5, 0.6) is 0 Å². The van der Waals surface area contributed by atoms with Crippen LogP contribution in [-0.4, -0.2) is 49.0 Å². The van der Waals surface area contributed by atoms with E-state index in [1.807, 2.05) is 11.8 Å². The van der Waals surface area contributed by atoms with Gasteiger partial charge in [0.1, 0.15) is 0 Å². The van der Waals surface area contributed by atoms with Crippen LogP contribution >= 0.6 is 35.7 Å². The minimum Gasteiger partial charge on any atom is -0.357 e. The van der Waals surface area contributed by atoms with E-state index >= 15 is 0 Å². The Morgan fingerprint density at radius 3 is 2.59 bits per heavy atom. The normalized spacial score (nSPS) is 24.5. The summed E-state index contributed by atoms with van der Waals surface area (Å²) in [6, 6.07) is 0.529. The molecule has 0 aromatic heterocycles. The highest BCUT2D eigenvalue weighted by molar-refractivity contribution is 14.0. The van der Waals surface area contributed by atoms with E-state index in [1.54, 1.807) is 0 Å². The second kappa shape index (κ2) is 10.6. The van der Waals surface area contributed by atoms with E-state index in [1.165, 1.54) is 19.3 Å². The molecule has 0 aromatic rings. The maximum atomic E-state index is 11.5. The molecule has 1 amide bonds. The lowest BCUT2D eigenvalue weighted by Crippen LogP contribution is -2.43. The summed E-state index contributed by atoms with van der Waals surface area (Å²) in [4.78, 5) is 16.1. The average molecular weight is 440 g/mol. The van der Waals surface area contributed by atoms with E-state index < -0.39 is 0 Å². The Kier molecular flexibility index (Phi) is 9.54. The van der Waals surface area contributed by atoms with Crippen molar-refractivity contribution < 1.29 is 4.79 Å². The van der Waals surface area contributed by atoms with Crippen LogP contribution in [0.3, 0.4) is 0 Å². The number of carbonyl (C=O) groups excluding carboxylic acids is 1. The van der Waals surface area contributed by atoms with Gasteiger partial charge in [-0.2, -0.15) is 11.8 Å². The first-order valence-corrected chi connectivity index (χ1v) is 9.37. The lowest BCUT2D eigenvalue weighted by Gasteiger charge is -2.17. The molecule has 0 bridgehead atoms. The van der Waals surface area contributed by atoms with Crippen LogP contribution in [0.4, 0.5) is 0 Å². The fourth-order valence-electron chi connectivity index (χ4n) is 2.64. The number of aliphatic imine (C=N–C) groups is 1. The lowest BCUT2D eigenvalue weighted by molar-refractivity contribution is -0.122. The Balaban J connectivity index is 0.00000242. The molecule has 5 nitrogen and oxygen atoms in total. The molecule has 0 saturated heterocycles. The topological polar surface area (TPSA) is 65.5 Å². The van der Waals surface area contributed by atoms with Gasteiger partial charge in [-0.15, -0.1) is 24.0 Å². The SMILES string of the molecule is CCNC(=NCCNC(=O)C1CC1)NC1CCC(SC)C1.I. The molecule has 0 heterocycles. The highest BCUT2D eigenvalue weighted by atomic mass is 127. The highest BCUT2D eigenvalue weighted by Gasteiger charge is 2.29. The standard InChI is InChI=1S/C15H28N4OS.HI/c1-3-16-15(19-12-6-7-13(10-12)21-2)18-9-8-17-14(20)11-4-5-11;/h11-13H,3-10H2,1-2H3,(H,17,20)(H2,16,18,19);1H. The van der Waals surface area contributed by atoms with Gasteiger partial charge in [-0.25, -0.2) is 0 Å². The van der Waals surface area contributed by atoms with Gasteiger partial charge < -0.3 is 16.0 Å². The molecular weight excluding hydrogens is 411 g/mol. The van der Waals surface area contributed by atoms with Crippen molar-refractivity contribution in [3.05, 3.63) is 0 Å². The quantitative estimate of drug-likeness (QED) is 0.245. The van der Waals surface area contributed by atoms with Gasteiger partial charge in [0.05, 0.1) is 6.54 Å². The van der Waals surface area contributed by atoms with Crippen molar-refractivity contribution in [2.24, 2.45) is 10.9 Å². The van der Waals surface area contributed by atoms with Crippen LogP contribution in [0, 0.1) is 5.92 Å². The van der Waals surface area contributed by atoms with Crippen molar-refractivity contribution in [2.45, 2.75) is 50.3 Å². The van der Waals surface area contributed by atoms with Crippen molar-refractivity contribution in [3.8, 4) is 0 Å². The molecular formula is C15H29IN4OS. The molecule has 2 rings (SSSR count). The minimum absolute atomic E-state index is 0. The average Bonchev–Trinajstić information content (AvgIpc) is 3.24. The predicted octanol–water partition coefficient (Wildman–Crippen LogP) is 1.97. The van der Waals surface area contributed by atoms with Crippen molar-refractivity contribution in [3.63, 3.8) is 0 Å². The molecule has 0 spiro atoms. The number of amides is 1. The summed E-state index contributed by atoms with van der Waals surface area (Å²) in [5, 5.41) is 10.5. The van der Waals surface area contributed by atoms with Crippen molar-refractivity contribution in [1.82, 2.24) is 16.0 Å². The third kappa shape index (κ3) is 6.93. The molecule has 2 fully saturated rings. The van der Waals surface area contributed by atoms with E-state index in [-0.39, 0.29) is 35.8 Å². The van der Waals surface area contributed by atoms with Gasteiger partial charge in [-0.05, 0) is 45.3 Å². The molecule has 2 aliphatic rings. The molecule has 2 aliphatic carbocycles. The first kappa shape index (κ1) is 19.9. The van der Waals surface area contributed by atoms with E-state index in [9.17, 15) is 4.79 Å². The molecule has 7 heteroatoms. The lowest BCUT2D eigenvalue weighted by atomic mass is 10.2. The summed E-state index contributed by atoms with van der Waals surface area (Å²) < 4.78 is 0. The summed E-state index contributed by atoms with van der Waals surface area (Å²) >= 11 is 1.96. The first-order valence-electron chi connectivity index (χ1n) is 8.08. The van der Waals surface area contributed by atoms with E-state index in [4.69, 9.17) is 0 Å². The summed E-state index contributed by atoms with van der Waals surface area (Å²) in [7, 11) is 0. The van der Waals surface area contributed by atoms with Crippen molar-refractivity contribution in [1.29, 1.82) is 0 Å². The van der Waals surface area contributed by atoms with E-state index in [2.05, 4.69) is 34.1 Å². The van der Waals surface area contributed by atoms with Gasteiger partial charge >= 0.3 is 0 Å². The molecule has 2 saturated carbocycles. The Labute approximate surface area is 155 Å². The monoisotopic (exact) mass is 440 g/mol. The van der Waals surface area contributed by atoms with Crippen LogP contribution in [0.25, 0.3) is 0 Å². The summed E-state index contributed by atoms with van der Waals surface area (Å²) in [5.74, 6) is 1.36. The summed E-state index contributed by atoms with van der Waals surface area (Å²) in [6.07, 6.45) is 8.01. The number of carbonyl (C=O) groups is 1. The van der Waals surface area contributed by atoms with Crippen LogP contribution in [-0.2, 0) is 4.79 Å². The highest BCUT2D eigenvalue weighted by Crippen LogP contribution is 2.28. The molecule has 0 aliphatic heterocycles. The summed E-state index contributed by atoms with van der Waals surface area (Å²) in [5.41, 5.74) is 0. The number of thioether (sulfide) groups is 1. The Morgan fingerprint density at radius 2 is 2.00 bits per heavy atom. The number of halogens is 1. The van der Waals surface area contributed by atoms with E-state index in [0.717, 1.165) is 30.6 Å². The molecule has 3 N–H and O–H groups in total. The zero-order valence-electron chi connectivity index (χ0n) is 13.6. The Hall–Kier alpha value is -0.180. The first-order chi connectivity index (χ1) is 10.2. The number of guanidine groups is 1. The van der Waals surface area contributed by atoms with Crippen molar-refractivity contribution in [2.75, 3.05) is 25.9 Å². The maximum absolute atomic E-state index is 11.5. The molecule has 2 atom stereocenters. The smallest absolute Gasteiger partial charge is 0.223 e. The van der Waals surface area contributed by atoms with Gasteiger partial charge in [0.25, 0.3) is 0 Å².